The number of methoxy groups -OCH3 is 2. The first-order valence-electron chi connectivity index (χ1n) is 8.51. The number of benzene rings is 2. The minimum absolute atomic E-state index is 0.178. The van der Waals surface area contributed by atoms with Gasteiger partial charge >= 0.3 is 5.91 Å². The van der Waals surface area contributed by atoms with E-state index in [0.717, 1.165) is 5.56 Å². The van der Waals surface area contributed by atoms with Crippen molar-refractivity contribution < 1.29 is 23.4 Å². The Morgan fingerprint density at radius 3 is 2.39 bits per heavy atom. The van der Waals surface area contributed by atoms with Crippen molar-refractivity contribution >= 4 is 12.1 Å². The van der Waals surface area contributed by atoms with Crippen LogP contribution < -0.4 is 19.6 Å². The molecule has 0 radical (unpaired) electrons. The van der Waals surface area contributed by atoms with Gasteiger partial charge in [0.15, 0.2) is 17.3 Å². The molecule has 144 valence electrons. The quantitative estimate of drug-likeness (QED) is 0.477. The van der Waals surface area contributed by atoms with Crippen molar-refractivity contribution in [2.45, 2.75) is 6.61 Å². The standard InChI is InChI=1S/C21H20N2O5/c1-25-18-11-16(13-22-23-21(24)17-9-6-10-27-17)12-19(26-2)20(18)28-14-15-7-4-3-5-8-15/h3-13H,14H2,1-2H3,(H,23,24)/b22-13+. The Morgan fingerprint density at radius 1 is 1.07 bits per heavy atom. The molecule has 28 heavy (non-hydrogen) atoms. The van der Waals surface area contributed by atoms with Crippen molar-refractivity contribution in [3.63, 3.8) is 0 Å². The van der Waals surface area contributed by atoms with E-state index in [1.807, 2.05) is 30.3 Å². The van der Waals surface area contributed by atoms with Gasteiger partial charge < -0.3 is 18.6 Å². The molecule has 3 rings (SSSR count). The van der Waals surface area contributed by atoms with E-state index in [0.29, 0.717) is 29.4 Å². The van der Waals surface area contributed by atoms with Gasteiger partial charge in [-0.25, -0.2) is 5.43 Å². The molecule has 1 N–H and O–H groups in total. The summed E-state index contributed by atoms with van der Waals surface area (Å²) in [6, 6.07) is 16.5. The van der Waals surface area contributed by atoms with Crippen LogP contribution in [0.2, 0.25) is 0 Å². The first kappa shape index (κ1) is 19.0. The molecule has 0 aliphatic heterocycles. The molecular formula is C21H20N2O5. The SMILES string of the molecule is COc1cc(/C=N/NC(=O)c2ccco2)cc(OC)c1OCc1ccccc1. The highest BCUT2D eigenvalue weighted by molar-refractivity contribution is 5.92. The van der Waals surface area contributed by atoms with Crippen molar-refractivity contribution in [3.05, 3.63) is 77.7 Å². The average molecular weight is 380 g/mol. The first-order chi connectivity index (χ1) is 13.7. The molecule has 0 fully saturated rings. The van der Waals surface area contributed by atoms with E-state index in [4.69, 9.17) is 18.6 Å². The Kier molecular flexibility index (Phi) is 6.30. The molecule has 0 bridgehead atoms. The molecule has 0 aliphatic rings. The third-order valence-electron chi connectivity index (χ3n) is 3.83. The number of amides is 1. The third kappa shape index (κ3) is 4.70. The van der Waals surface area contributed by atoms with Crippen molar-refractivity contribution in [1.29, 1.82) is 0 Å². The summed E-state index contributed by atoms with van der Waals surface area (Å²) in [6.07, 6.45) is 2.90. The molecule has 0 spiro atoms. The zero-order chi connectivity index (χ0) is 19.8. The van der Waals surface area contributed by atoms with E-state index in [1.54, 1.807) is 38.5 Å². The molecule has 3 aromatic rings. The lowest BCUT2D eigenvalue weighted by Crippen LogP contribution is -2.16. The maximum Gasteiger partial charge on any atom is 0.307 e. The summed E-state index contributed by atoms with van der Waals surface area (Å²) in [5.74, 6) is 1.22. The zero-order valence-electron chi connectivity index (χ0n) is 15.5. The number of hydrogen-bond donors (Lipinski definition) is 1. The van der Waals surface area contributed by atoms with Crippen LogP contribution in [0, 0.1) is 0 Å². The lowest BCUT2D eigenvalue weighted by atomic mass is 10.2. The van der Waals surface area contributed by atoms with Crippen LogP contribution in [0.15, 0.2) is 70.4 Å². The molecule has 1 aromatic heterocycles. The number of hydrazone groups is 1. The van der Waals surface area contributed by atoms with Crippen LogP contribution in [0.4, 0.5) is 0 Å². The molecule has 7 nitrogen and oxygen atoms in total. The fourth-order valence-corrected chi connectivity index (χ4v) is 2.48. The Labute approximate surface area is 162 Å². The van der Waals surface area contributed by atoms with Crippen molar-refractivity contribution in [2.75, 3.05) is 14.2 Å². The van der Waals surface area contributed by atoms with E-state index in [-0.39, 0.29) is 5.76 Å². The lowest BCUT2D eigenvalue weighted by Gasteiger charge is -2.15. The number of nitrogens with zero attached hydrogens (tertiary/aromatic N) is 1. The van der Waals surface area contributed by atoms with Gasteiger partial charge in [-0.05, 0) is 29.8 Å². The van der Waals surface area contributed by atoms with E-state index in [9.17, 15) is 4.79 Å². The highest BCUT2D eigenvalue weighted by Gasteiger charge is 2.14. The van der Waals surface area contributed by atoms with Gasteiger partial charge in [0.05, 0.1) is 26.7 Å². The molecule has 1 amide bonds. The van der Waals surface area contributed by atoms with Crippen molar-refractivity contribution in [3.8, 4) is 17.2 Å². The van der Waals surface area contributed by atoms with Crippen LogP contribution in [0.1, 0.15) is 21.7 Å². The summed E-state index contributed by atoms with van der Waals surface area (Å²) in [7, 11) is 3.09. The van der Waals surface area contributed by atoms with E-state index < -0.39 is 5.91 Å². The summed E-state index contributed by atoms with van der Waals surface area (Å²) in [4.78, 5) is 11.8. The fourth-order valence-electron chi connectivity index (χ4n) is 2.48. The lowest BCUT2D eigenvalue weighted by molar-refractivity contribution is 0.0927. The maximum atomic E-state index is 11.8. The van der Waals surface area contributed by atoms with Crippen LogP contribution in [-0.4, -0.2) is 26.3 Å². The number of ether oxygens (including phenoxy) is 3. The van der Waals surface area contributed by atoms with Gasteiger partial charge in [-0.1, -0.05) is 30.3 Å². The van der Waals surface area contributed by atoms with Gasteiger partial charge in [0.25, 0.3) is 0 Å². The summed E-state index contributed by atoms with van der Waals surface area (Å²) in [5.41, 5.74) is 4.09. The second-order valence-corrected chi connectivity index (χ2v) is 5.71. The molecular weight excluding hydrogens is 360 g/mol. The van der Waals surface area contributed by atoms with Gasteiger partial charge in [-0.3, -0.25) is 4.79 Å². The van der Waals surface area contributed by atoms with Crippen molar-refractivity contribution in [1.82, 2.24) is 5.43 Å². The summed E-state index contributed by atoms with van der Waals surface area (Å²) in [6.45, 7) is 0.375. The van der Waals surface area contributed by atoms with Crippen LogP contribution in [0.25, 0.3) is 0 Å². The van der Waals surface area contributed by atoms with E-state index in [2.05, 4.69) is 10.5 Å². The number of nitrogens with one attached hydrogen (secondary N) is 1. The van der Waals surface area contributed by atoms with Gasteiger partial charge in [0, 0.05) is 5.56 Å². The second-order valence-electron chi connectivity index (χ2n) is 5.71. The number of carbonyl (C=O) groups is 1. The maximum absolute atomic E-state index is 11.8. The minimum Gasteiger partial charge on any atom is -0.493 e. The summed E-state index contributed by atoms with van der Waals surface area (Å²) in [5, 5.41) is 3.94. The van der Waals surface area contributed by atoms with E-state index >= 15 is 0 Å². The second kappa shape index (κ2) is 9.27. The zero-order valence-corrected chi connectivity index (χ0v) is 15.5. The average Bonchev–Trinajstić information content (AvgIpc) is 3.27. The predicted molar refractivity (Wildman–Crippen MR) is 104 cm³/mol. The van der Waals surface area contributed by atoms with Crippen LogP contribution in [-0.2, 0) is 6.61 Å². The van der Waals surface area contributed by atoms with Gasteiger partial charge in [-0.2, -0.15) is 5.10 Å². The summed E-state index contributed by atoms with van der Waals surface area (Å²) >= 11 is 0. The minimum atomic E-state index is -0.442. The monoisotopic (exact) mass is 380 g/mol. The van der Waals surface area contributed by atoms with Crippen molar-refractivity contribution in [2.24, 2.45) is 5.10 Å². The van der Waals surface area contributed by atoms with Gasteiger partial charge in [0.1, 0.15) is 6.61 Å². The van der Waals surface area contributed by atoms with Crippen LogP contribution in [0.5, 0.6) is 17.2 Å². The third-order valence-corrected chi connectivity index (χ3v) is 3.83. The summed E-state index contributed by atoms with van der Waals surface area (Å²) < 4.78 is 21.8. The molecule has 2 aromatic carbocycles. The largest absolute Gasteiger partial charge is 0.493 e. The van der Waals surface area contributed by atoms with Crippen LogP contribution >= 0.6 is 0 Å². The highest BCUT2D eigenvalue weighted by atomic mass is 16.5. The Bertz CT molecular complexity index is 912. The fraction of sp³-hybridized carbons (Fsp3) is 0.143. The van der Waals surface area contributed by atoms with Gasteiger partial charge in [-0.15, -0.1) is 0 Å². The number of hydrogen-bond acceptors (Lipinski definition) is 6. The molecule has 0 aliphatic carbocycles. The predicted octanol–water partition coefficient (Wildman–Crippen LogP) is 3.64. The van der Waals surface area contributed by atoms with Gasteiger partial charge in [0.2, 0.25) is 5.75 Å². The van der Waals surface area contributed by atoms with Crippen LogP contribution in [0.3, 0.4) is 0 Å². The smallest absolute Gasteiger partial charge is 0.307 e. The number of rotatable bonds is 8. The molecule has 0 unspecified atom stereocenters. The number of carbonyl (C=O) groups excluding carboxylic acids is 1. The molecule has 0 atom stereocenters. The number of furan rings is 1. The Morgan fingerprint density at radius 2 is 1.79 bits per heavy atom. The highest BCUT2D eigenvalue weighted by Crippen LogP contribution is 2.38. The Hall–Kier alpha value is -3.74. The molecule has 1 heterocycles. The molecule has 7 heteroatoms. The topological polar surface area (TPSA) is 82.3 Å². The van der Waals surface area contributed by atoms with E-state index in [1.165, 1.54) is 12.5 Å². The molecule has 0 saturated heterocycles. The normalized spacial score (nSPS) is 10.6. The first-order valence-corrected chi connectivity index (χ1v) is 8.51. The Balaban J connectivity index is 1.74. The molecule has 0 saturated carbocycles.